The molecular weight excluding hydrogens is 343 g/mol. The molecule has 24 heavy (non-hydrogen) atoms. The summed E-state index contributed by atoms with van der Waals surface area (Å²) in [4.78, 5) is 16.2. The number of halogens is 3. The van der Waals surface area contributed by atoms with E-state index in [1.54, 1.807) is 24.4 Å². The Hall–Kier alpha value is -2.13. The maximum absolute atomic E-state index is 12.1. The van der Waals surface area contributed by atoms with Gasteiger partial charge in [-0.1, -0.05) is 12.1 Å². The van der Waals surface area contributed by atoms with E-state index in [4.69, 9.17) is 5.73 Å². The van der Waals surface area contributed by atoms with Crippen molar-refractivity contribution in [2.45, 2.75) is 25.7 Å². The normalized spacial score (nSPS) is 12.7. The van der Waals surface area contributed by atoms with Crippen LogP contribution in [-0.4, -0.2) is 23.7 Å². The van der Waals surface area contributed by atoms with Gasteiger partial charge in [-0.05, 0) is 24.6 Å². The van der Waals surface area contributed by atoms with Crippen LogP contribution in [0.25, 0.3) is 0 Å². The van der Waals surface area contributed by atoms with Gasteiger partial charge in [-0.15, -0.1) is 11.3 Å². The molecule has 1 heterocycles. The Morgan fingerprint density at radius 3 is 2.58 bits per heavy atom. The lowest BCUT2D eigenvalue weighted by Gasteiger charge is -2.14. The number of hydrogen-bond acceptors (Lipinski definition) is 5. The lowest BCUT2D eigenvalue weighted by molar-refractivity contribution is -0.153. The van der Waals surface area contributed by atoms with Crippen molar-refractivity contribution in [1.29, 1.82) is 0 Å². The lowest BCUT2D eigenvalue weighted by Crippen LogP contribution is -2.27. The summed E-state index contributed by atoms with van der Waals surface area (Å²) in [5.41, 5.74) is 6.48. The van der Waals surface area contributed by atoms with Crippen LogP contribution in [0.2, 0.25) is 0 Å². The molecule has 1 aromatic carbocycles. The van der Waals surface area contributed by atoms with Crippen molar-refractivity contribution >= 4 is 17.2 Å². The Kier molecular flexibility index (Phi) is 5.79. The van der Waals surface area contributed by atoms with Crippen LogP contribution in [0.4, 0.5) is 13.2 Å². The summed E-state index contributed by atoms with van der Waals surface area (Å²) in [7, 11) is 0. The number of nitrogens with two attached hydrogens (primary N) is 1. The second-order valence-corrected chi connectivity index (χ2v) is 5.94. The van der Waals surface area contributed by atoms with E-state index in [0.29, 0.717) is 5.01 Å². The van der Waals surface area contributed by atoms with Crippen LogP contribution in [-0.2, 0) is 6.54 Å². The van der Waals surface area contributed by atoms with Crippen LogP contribution < -0.4 is 15.8 Å². The van der Waals surface area contributed by atoms with Crippen molar-refractivity contribution in [3.05, 3.63) is 45.9 Å². The molecule has 0 aliphatic rings. The molecule has 0 bridgehead atoms. The fourth-order valence-electron chi connectivity index (χ4n) is 1.88. The highest BCUT2D eigenvalue weighted by molar-refractivity contribution is 7.09. The van der Waals surface area contributed by atoms with Gasteiger partial charge in [0.15, 0.2) is 6.61 Å². The summed E-state index contributed by atoms with van der Waals surface area (Å²) in [6, 6.07) is 5.72. The predicted molar refractivity (Wildman–Crippen MR) is 83.9 cm³/mol. The number of nitrogens with zero attached hydrogens (tertiary/aromatic N) is 1. The van der Waals surface area contributed by atoms with E-state index in [-0.39, 0.29) is 29.9 Å². The molecular formula is C15H16F3N3O2S. The molecule has 0 radical (unpaired) electrons. The Balaban J connectivity index is 1.94. The van der Waals surface area contributed by atoms with E-state index in [0.717, 1.165) is 5.56 Å². The molecule has 1 atom stereocenters. The number of nitrogens with one attached hydrogen (secondary N) is 1. The lowest BCUT2D eigenvalue weighted by atomic mass is 10.1. The SMILES string of the molecule is CC(NC(=O)c1csc(CN)n1)c1ccc(OCC(F)(F)F)cc1. The largest absolute Gasteiger partial charge is 0.484 e. The molecule has 9 heteroatoms. The molecule has 1 amide bonds. The van der Waals surface area contributed by atoms with E-state index in [1.807, 2.05) is 0 Å². The topological polar surface area (TPSA) is 77.2 Å². The molecule has 5 nitrogen and oxygen atoms in total. The van der Waals surface area contributed by atoms with Gasteiger partial charge in [0.05, 0.1) is 6.04 Å². The second kappa shape index (κ2) is 7.63. The number of alkyl halides is 3. The van der Waals surface area contributed by atoms with Gasteiger partial charge in [0.2, 0.25) is 0 Å². The molecule has 130 valence electrons. The van der Waals surface area contributed by atoms with Crippen molar-refractivity contribution in [2.75, 3.05) is 6.61 Å². The quantitative estimate of drug-likeness (QED) is 0.831. The predicted octanol–water partition coefficient (Wildman–Crippen LogP) is 3.03. The number of benzene rings is 1. The highest BCUT2D eigenvalue weighted by Gasteiger charge is 2.28. The number of amides is 1. The highest BCUT2D eigenvalue weighted by atomic mass is 32.1. The minimum Gasteiger partial charge on any atom is -0.484 e. The first-order chi connectivity index (χ1) is 11.3. The summed E-state index contributed by atoms with van der Waals surface area (Å²) in [6.45, 7) is 0.693. The van der Waals surface area contributed by atoms with Crippen LogP contribution in [0.15, 0.2) is 29.6 Å². The van der Waals surface area contributed by atoms with E-state index in [9.17, 15) is 18.0 Å². The fraction of sp³-hybridized carbons (Fsp3) is 0.333. The maximum Gasteiger partial charge on any atom is 0.422 e. The highest BCUT2D eigenvalue weighted by Crippen LogP contribution is 2.21. The van der Waals surface area contributed by atoms with Crippen LogP contribution in [0.3, 0.4) is 0 Å². The Labute approximate surface area is 140 Å². The van der Waals surface area contributed by atoms with E-state index < -0.39 is 12.8 Å². The van der Waals surface area contributed by atoms with Crippen LogP contribution in [0, 0.1) is 0 Å². The molecule has 0 aliphatic heterocycles. The molecule has 0 spiro atoms. The first-order valence-electron chi connectivity index (χ1n) is 7.03. The Bertz CT molecular complexity index is 686. The first-order valence-corrected chi connectivity index (χ1v) is 7.91. The van der Waals surface area contributed by atoms with Gasteiger partial charge in [-0.25, -0.2) is 4.98 Å². The third kappa shape index (κ3) is 5.20. The Morgan fingerprint density at radius 1 is 1.38 bits per heavy atom. The van der Waals surface area contributed by atoms with Crippen LogP contribution >= 0.6 is 11.3 Å². The molecule has 0 fully saturated rings. The van der Waals surface area contributed by atoms with Gasteiger partial charge < -0.3 is 15.8 Å². The molecule has 1 unspecified atom stereocenters. The molecule has 2 aromatic rings. The number of thiazole rings is 1. The van der Waals surface area contributed by atoms with Crippen molar-refractivity contribution in [1.82, 2.24) is 10.3 Å². The third-order valence-electron chi connectivity index (χ3n) is 3.09. The zero-order valence-electron chi connectivity index (χ0n) is 12.8. The third-order valence-corrected chi connectivity index (χ3v) is 3.96. The minimum absolute atomic E-state index is 0.113. The summed E-state index contributed by atoms with van der Waals surface area (Å²) in [6.07, 6.45) is -4.38. The number of hydrogen-bond donors (Lipinski definition) is 2. The van der Waals surface area contributed by atoms with E-state index in [2.05, 4.69) is 15.0 Å². The van der Waals surface area contributed by atoms with Crippen molar-refractivity contribution in [3.8, 4) is 5.75 Å². The fourth-order valence-corrected chi connectivity index (χ4v) is 2.54. The van der Waals surface area contributed by atoms with Crippen molar-refractivity contribution in [2.24, 2.45) is 5.73 Å². The summed E-state index contributed by atoms with van der Waals surface area (Å²) in [5, 5.41) is 5.06. The van der Waals surface area contributed by atoms with Crippen LogP contribution in [0.5, 0.6) is 5.75 Å². The number of aromatic nitrogens is 1. The summed E-state index contributed by atoms with van der Waals surface area (Å²) >= 11 is 1.30. The molecule has 1 aromatic heterocycles. The number of carbonyl (C=O) groups is 1. The van der Waals surface area contributed by atoms with Gasteiger partial charge in [-0.2, -0.15) is 13.2 Å². The molecule has 0 saturated carbocycles. The van der Waals surface area contributed by atoms with Crippen LogP contribution in [0.1, 0.15) is 34.0 Å². The summed E-state index contributed by atoms with van der Waals surface area (Å²) < 4.78 is 40.9. The summed E-state index contributed by atoms with van der Waals surface area (Å²) in [5.74, 6) is -0.225. The van der Waals surface area contributed by atoms with Crippen molar-refractivity contribution < 1.29 is 22.7 Å². The molecule has 0 saturated heterocycles. The molecule has 3 N–H and O–H groups in total. The maximum atomic E-state index is 12.1. The minimum atomic E-state index is -4.38. The van der Waals surface area contributed by atoms with Gasteiger partial charge in [0.1, 0.15) is 16.5 Å². The van der Waals surface area contributed by atoms with E-state index >= 15 is 0 Å². The second-order valence-electron chi connectivity index (χ2n) is 5.00. The standard InChI is InChI=1S/C15H16F3N3O2S/c1-9(20-14(22)12-7-24-13(6-19)21-12)10-2-4-11(5-3-10)23-8-15(16,17)18/h2-5,7,9H,6,8,19H2,1H3,(H,20,22). The van der Waals surface area contributed by atoms with Gasteiger partial charge in [0, 0.05) is 11.9 Å². The molecule has 0 aliphatic carbocycles. The monoisotopic (exact) mass is 359 g/mol. The number of carbonyl (C=O) groups excluding carboxylic acids is 1. The molecule has 2 rings (SSSR count). The number of ether oxygens (including phenoxy) is 1. The van der Waals surface area contributed by atoms with Gasteiger partial charge in [-0.3, -0.25) is 4.79 Å². The smallest absolute Gasteiger partial charge is 0.422 e. The average molecular weight is 359 g/mol. The number of rotatable bonds is 6. The van der Waals surface area contributed by atoms with Gasteiger partial charge in [0.25, 0.3) is 5.91 Å². The van der Waals surface area contributed by atoms with E-state index in [1.165, 1.54) is 23.5 Å². The zero-order chi connectivity index (χ0) is 17.7. The zero-order valence-corrected chi connectivity index (χ0v) is 13.6. The average Bonchev–Trinajstić information content (AvgIpc) is 3.02. The first kappa shape index (κ1) is 18.2. The Morgan fingerprint density at radius 2 is 2.04 bits per heavy atom. The van der Waals surface area contributed by atoms with Crippen molar-refractivity contribution in [3.63, 3.8) is 0 Å². The van der Waals surface area contributed by atoms with Gasteiger partial charge >= 0.3 is 6.18 Å².